The standard InChI is InChI=1S/C20H15FN4/c21-20-15(6-7-18(22)25-20)16-12-17(13-4-2-1-3-5-13)24-19(16)14-8-10-23-11-9-14/h1-11H,12H2,(H2,22,25). The Kier molecular flexibility index (Phi) is 3.82. The number of allylic oxidation sites excluding steroid dienone is 1. The zero-order chi connectivity index (χ0) is 17.2. The van der Waals surface area contributed by atoms with Gasteiger partial charge in [0.05, 0.1) is 11.4 Å². The van der Waals surface area contributed by atoms with Gasteiger partial charge in [0.25, 0.3) is 0 Å². The van der Waals surface area contributed by atoms with Crippen molar-refractivity contribution in [3.8, 4) is 0 Å². The zero-order valence-corrected chi connectivity index (χ0v) is 13.4. The molecule has 0 unspecified atom stereocenters. The molecular formula is C20H15FN4. The van der Waals surface area contributed by atoms with Crippen molar-refractivity contribution in [3.05, 3.63) is 89.6 Å². The normalized spacial score (nSPS) is 13.9. The molecule has 2 aromatic heterocycles. The fourth-order valence-electron chi connectivity index (χ4n) is 2.94. The molecule has 0 saturated carbocycles. The summed E-state index contributed by atoms with van der Waals surface area (Å²) in [5.74, 6) is -0.416. The van der Waals surface area contributed by atoms with E-state index < -0.39 is 5.95 Å². The number of nitrogen functional groups attached to an aromatic ring is 1. The van der Waals surface area contributed by atoms with E-state index in [9.17, 15) is 4.39 Å². The van der Waals surface area contributed by atoms with Gasteiger partial charge in [0.2, 0.25) is 5.95 Å². The van der Waals surface area contributed by atoms with E-state index >= 15 is 0 Å². The van der Waals surface area contributed by atoms with E-state index in [-0.39, 0.29) is 5.82 Å². The van der Waals surface area contributed by atoms with Crippen molar-refractivity contribution in [2.45, 2.75) is 6.42 Å². The molecule has 0 radical (unpaired) electrons. The number of pyridine rings is 2. The third-order valence-corrected chi connectivity index (χ3v) is 4.13. The summed E-state index contributed by atoms with van der Waals surface area (Å²) in [5, 5.41) is 0. The van der Waals surface area contributed by atoms with Crippen LogP contribution in [0.25, 0.3) is 11.3 Å². The van der Waals surface area contributed by atoms with Crippen molar-refractivity contribution >= 4 is 22.8 Å². The predicted octanol–water partition coefficient (Wildman–Crippen LogP) is 3.96. The van der Waals surface area contributed by atoms with E-state index in [4.69, 9.17) is 10.7 Å². The highest BCUT2D eigenvalue weighted by Crippen LogP contribution is 2.37. The molecule has 2 N–H and O–H groups in total. The lowest BCUT2D eigenvalue weighted by molar-refractivity contribution is 0.582. The molecule has 0 amide bonds. The van der Waals surface area contributed by atoms with Gasteiger partial charge in [0.1, 0.15) is 5.82 Å². The number of aliphatic imine (C=N–C) groups is 1. The minimum absolute atomic E-state index is 0.162. The molecular weight excluding hydrogens is 315 g/mol. The van der Waals surface area contributed by atoms with Crippen molar-refractivity contribution in [3.63, 3.8) is 0 Å². The summed E-state index contributed by atoms with van der Waals surface area (Å²) < 4.78 is 14.4. The molecule has 1 aromatic carbocycles. The molecule has 3 aromatic rings. The molecule has 0 atom stereocenters. The summed E-state index contributed by atoms with van der Waals surface area (Å²) in [6.07, 6.45) is 3.94. The lowest BCUT2D eigenvalue weighted by Gasteiger charge is -2.08. The molecule has 1 aliphatic heterocycles. The van der Waals surface area contributed by atoms with Gasteiger partial charge in [-0.25, -0.2) is 4.98 Å². The van der Waals surface area contributed by atoms with Crippen LogP contribution >= 0.6 is 0 Å². The SMILES string of the molecule is Nc1ccc(C2=C(c3ccncc3)N=C(c3ccccc3)C2)c(F)n1. The van der Waals surface area contributed by atoms with E-state index in [0.717, 1.165) is 28.1 Å². The number of nitrogens with two attached hydrogens (primary N) is 1. The second-order valence-electron chi connectivity index (χ2n) is 5.74. The number of rotatable bonds is 3. The van der Waals surface area contributed by atoms with E-state index in [1.165, 1.54) is 0 Å². The van der Waals surface area contributed by atoms with Crippen LogP contribution in [0, 0.1) is 5.95 Å². The van der Waals surface area contributed by atoms with Crippen molar-refractivity contribution < 1.29 is 4.39 Å². The summed E-state index contributed by atoms with van der Waals surface area (Å²) >= 11 is 0. The monoisotopic (exact) mass is 330 g/mol. The Hall–Kier alpha value is -3.34. The molecule has 0 spiro atoms. The Labute approximate surface area is 144 Å². The average Bonchev–Trinajstić information content (AvgIpc) is 3.08. The highest BCUT2D eigenvalue weighted by atomic mass is 19.1. The quantitative estimate of drug-likeness (QED) is 0.739. The molecule has 1 aliphatic rings. The second kappa shape index (κ2) is 6.28. The van der Waals surface area contributed by atoms with Crippen LogP contribution in [-0.4, -0.2) is 15.7 Å². The molecule has 3 heterocycles. The molecule has 0 fully saturated rings. The van der Waals surface area contributed by atoms with Crippen molar-refractivity contribution in [1.29, 1.82) is 0 Å². The highest BCUT2D eigenvalue weighted by Gasteiger charge is 2.24. The largest absolute Gasteiger partial charge is 0.384 e. The van der Waals surface area contributed by atoms with Gasteiger partial charge in [-0.3, -0.25) is 9.98 Å². The Bertz CT molecular complexity index is 979. The van der Waals surface area contributed by atoms with Crippen LogP contribution in [0.4, 0.5) is 10.2 Å². The summed E-state index contributed by atoms with van der Waals surface area (Å²) in [6.45, 7) is 0. The molecule has 0 saturated heterocycles. The van der Waals surface area contributed by atoms with Crippen molar-refractivity contribution in [2.75, 3.05) is 5.73 Å². The lowest BCUT2D eigenvalue weighted by atomic mass is 9.97. The van der Waals surface area contributed by atoms with E-state index in [1.54, 1.807) is 24.5 Å². The fraction of sp³-hybridized carbons (Fsp3) is 0.0500. The molecule has 4 rings (SSSR count). The maximum atomic E-state index is 14.4. The van der Waals surface area contributed by atoms with E-state index in [2.05, 4.69) is 9.97 Å². The van der Waals surface area contributed by atoms with Crippen molar-refractivity contribution in [2.24, 2.45) is 4.99 Å². The number of aromatic nitrogens is 2. The predicted molar refractivity (Wildman–Crippen MR) is 97.3 cm³/mol. The summed E-state index contributed by atoms with van der Waals surface area (Å²) in [6, 6.07) is 16.9. The first-order chi connectivity index (χ1) is 12.2. The van der Waals surface area contributed by atoms with E-state index in [0.29, 0.717) is 12.0 Å². The second-order valence-corrected chi connectivity index (χ2v) is 5.74. The summed E-state index contributed by atoms with van der Waals surface area (Å²) in [5.41, 5.74) is 10.4. The smallest absolute Gasteiger partial charge is 0.222 e. The van der Waals surface area contributed by atoms with Gasteiger partial charge < -0.3 is 5.73 Å². The first kappa shape index (κ1) is 15.2. The Morgan fingerprint density at radius 3 is 2.36 bits per heavy atom. The fourth-order valence-corrected chi connectivity index (χ4v) is 2.94. The molecule has 0 bridgehead atoms. The average molecular weight is 330 g/mol. The van der Waals surface area contributed by atoms with Gasteiger partial charge in [-0.15, -0.1) is 0 Å². The topological polar surface area (TPSA) is 64.2 Å². The molecule has 122 valence electrons. The number of benzene rings is 1. The minimum Gasteiger partial charge on any atom is -0.384 e. The van der Waals surface area contributed by atoms with Crippen LogP contribution in [0.15, 0.2) is 72.0 Å². The highest BCUT2D eigenvalue weighted by molar-refractivity contribution is 6.16. The maximum absolute atomic E-state index is 14.4. The number of nitrogens with zero attached hydrogens (tertiary/aromatic N) is 3. The van der Waals surface area contributed by atoms with Crippen LogP contribution in [0.2, 0.25) is 0 Å². The lowest BCUT2D eigenvalue weighted by Crippen LogP contribution is -2.01. The molecule has 0 aliphatic carbocycles. The first-order valence-corrected chi connectivity index (χ1v) is 7.91. The van der Waals surface area contributed by atoms with Crippen LogP contribution < -0.4 is 5.73 Å². The minimum atomic E-state index is -0.578. The summed E-state index contributed by atoms with van der Waals surface area (Å²) in [7, 11) is 0. The van der Waals surface area contributed by atoms with Gasteiger partial charge in [0, 0.05) is 29.9 Å². The zero-order valence-electron chi connectivity index (χ0n) is 13.4. The Morgan fingerprint density at radius 1 is 0.880 bits per heavy atom. The third-order valence-electron chi connectivity index (χ3n) is 4.13. The number of anilines is 1. The molecule has 5 heteroatoms. The summed E-state index contributed by atoms with van der Waals surface area (Å²) in [4.78, 5) is 12.6. The number of hydrogen-bond acceptors (Lipinski definition) is 4. The van der Waals surface area contributed by atoms with E-state index in [1.807, 2.05) is 42.5 Å². The number of hydrogen-bond donors (Lipinski definition) is 1. The van der Waals surface area contributed by atoms with Gasteiger partial charge in [-0.05, 0) is 35.4 Å². The van der Waals surface area contributed by atoms with Crippen LogP contribution in [0.1, 0.15) is 23.1 Å². The van der Waals surface area contributed by atoms with Gasteiger partial charge in [0.15, 0.2) is 0 Å². The van der Waals surface area contributed by atoms with Crippen molar-refractivity contribution in [1.82, 2.24) is 9.97 Å². The Morgan fingerprint density at radius 2 is 1.64 bits per heavy atom. The maximum Gasteiger partial charge on any atom is 0.222 e. The third kappa shape index (κ3) is 2.92. The molecule has 4 nitrogen and oxygen atoms in total. The van der Waals surface area contributed by atoms with Crippen LogP contribution in [0.5, 0.6) is 0 Å². The van der Waals surface area contributed by atoms with Gasteiger partial charge >= 0.3 is 0 Å². The molecule has 25 heavy (non-hydrogen) atoms. The Balaban J connectivity index is 1.85. The number of halogens is 1. The van der Waals surface area contributed by atoms with Gasteiger partial charge in [-0.2, -0.15) is 4.39 Å². The van der Waals surface area contributed by atoms with Crippen LogP contribution in [0.3, 0.4) is 0 Å². The van der Waals surface area contributed by atoms with Gasteiger partial charge in [-0.1, -0.05) is 30.3 Å². The van der Waals surface area contributed by atoms with Crippen LogP contribution in [-0.2, 0) is 0 Å². The first-order valence-electron chi connectivity index (χ1n) is 7.91.